The quantitative estimate of drug-likeness (QED) is 0.677. The lowest BCUT2D eigenvalue weighted by Gasteiger charge is -2.32. The van der Waals surface area contributed by atoms with Gasteiger partial charge in [0, 0.05) is 11.8 Å². The van der Waals surface area contributed by atoms with Gasteiger partial charge in [0.1, 0.15) is 0 Å². The Morgan fingerprint density at radius 1 is 0.897 bits per heavy atom. The molecule has 5 heteroatoms. The third-order valence-corrected chi connectivity index (χ3v) is 8.30. The maximum absolute atomic E-state index is 6.34. The molecule has 1 fully saturated rings. The predicted octanol–water partition coefficient (Wildman–Crippen LogP) is 4.89. The van der Waals surface area contributed by atoms with E-state index in [2.05, 4.69) is 105 Å². The van der Waals surface area contributed by atoms with E-state index in [9.17, 15) is 0 Å². The molecule has 1 saturated heterocycles. The average molecular weight is 409 g/mol. The highest BCUT2D eigenvalue weighted by Crippen LogP contribution is 2.37. The predicted molar refractivity (Wildman–Crippen MR) is 127 cm³/mol. The Bertz CT molecular complexity index is 877. The van der Waals surface area contributed by atoms with Gasteiger partial charge in [-0.1, -0.05) is 58.6 Å². The molecule has 1 aromatic carbocycles. The standard InChI is InChI=1S/C24H36BNO2Si/c1-22(2,3)18-13-17(21-12-11-20(16-26-21)29(8,9)10)14-19(15-18)25-27-23(4,5)24(6,7)28-25/h11-16H,1-10H3. The van der Waals surface area contributed by atoms with Crippen LogP contribution in [0.15, 0.2) is 36.5 Å². The summed E-state index contributed by atoms with van der Waals surface area (Å²) in [5.41, 5.74) is 3.74. The highest BCUT2D eigenvalue weighted by Gasteiger charge is 2.51. The molecule has 156 valence electrons. The monoisotopic (exact) mass is 409 g/mol. The van der Waals surface area contributed by atoms with Crippen molar-refractivity contribution in [1.82, 2.24) is 4.98 Å². The number of benzene rings is 1. The Hall–Kier alpha value is -1.43. The van der Waals surface area contributed by atoms with Gasteiger partial charge in [0.05, 0.1) is 25.0 Å². The number of rotatable bonds is 3. The molecule has 3 nitrogen and oxygen atoms in total. The molecular formula is C24H36BNO2Si. The summed E-state index contributed by atoms with van der Waals surface area (Å²) in [5, 5.41) is 1.37. The fourth-order valence-electron chi connectivity index (χ4n) is 3.36. The summed E-state index contributed by atoms with van der Waals surface area (Å²) in [4.78, 5) is 4.82. The van der Waals surface area contributed by atoms with Crippen molar-refractivity contribution in [2.45, 2.75) is 84.7 Å². The minimum Gasteiger partial charge on any atom is -0.399 e. The van der Waals surface area contributed by atoms with Gasteiger partial charge in [-0.15, -0.1) is 0 Å². The molecule has 1 aromatic heterocycles. The van der Waals surface area contributed by atoms with Crippen molar-refractivity contribution in [2.24, 2.45) is 0 Å². The first-order chi connectivity index (χ1) is 13.1. The van der Waals surface area contributed by atoms with Gasteiger partial charge in [-0.3, -0.25) is 4.98 Å². The second-order valence-electron chi connectivity index (χ2n) is 11.4. The lowest BCUT2D eigenvalue weighted by atomic mass is 9.74. The van der Waals surface area contributed by atoms with Gasteiger partial charge in [0.25, 0.3) is 0 Å². The number of hydrogen-bond donors (Lipinski definition) is 0. The molecule has 0 atom stereocenters. The van der Waals surface area contributed by atoms with Crippen LogP contribution in [0.25, 0.3) is 11.3 Å². The molecule has 0 radical (unpaired) electrons. The molecule has 1 aliphatic heterocycles. The molecule has 1 aliphatic rings. The second-order valence-corrected chi connectivity index (χ2v) is 16.4. The minimum atomic E-state index is -1.36. The zero-order chi connectivity index (χ0) is 21.8. The van der Waals surface area contributed by atoms with Gasteiger partial charge in [-0.25, -0.2) is 0 Å². The van der Waals surface area contributed by atoms with E-state index in [0.29, 0.717) is 0 Å². The highest BCUT2D eigenvalue weighted by atomic mass is 28.3. The van der Waals surface area contributed by atoms with E-state index in [1.165, 1.54) is 10.8 Å². The number of aromatic nitrogens is 1. The van der Waals surface area contributed by atoms with E-state index >= 15 is 0 Å². The van der Waals surface area contributed by atoms with Crippen LogP contribution in [0, 0.1) is 0 Å². The second kappa shape index (κ2) is 7.07. The first-order valence-corrected chi connectivity index (χ1v) is 14.1. The molecule has 0 spiro atoms. The summed E-state index contributed by atoms with van der Waals surface area (Å²) < 4.78 is 12.7. The molecule has 0 N–H and O–H groups in total. The molecule has 3 rings (SSSR count). The normalized spacial score (nSPS) is 18.9. The van der Waals surface area contributed by atoms with Crippen LogP contribution in [0.3, 0.4) is 0 Å². The maximum Gasteiger partial charge on any atom is 0.494 e. The van der Waals surface area contributed by atoms with E-state index in [4.69, 9.17) is 14.3 Å². The topological polar surface area (TPSA) is 31.4 Å². The van der Waals surface area contributed by atoms with Gasteiger partial charge in [-0.2, -0.15) is 0 Å². The lowest BCUT2D eigenvalue weighted by Crippen LogP contribution is -2.41. The lowest BCUT2D eigenvalue weighted by molar-refractivity contribution is 0.00578. The van der Waals surface area contributed by atoms with Crippen LogP contribution >= 0.6 is 0 Å². The maximum atomic E-state index is 6.34. The Labute approximate surface area is 178 Å². The smallest absolute Gasteiger partial charge is 0.399 e. The van der Waals surface area contributed by atoms with E-state index in [1.807, 2.05) is 0 Å². The molecule has 2 aromatic rings. The number of nitrogens with zero attached hydrogens (tertiary/aromatic N) is 1. The van der Waals surface area contributed by atoms with Crippen LogP contribution < -0.4 is 10.6 Å². The van der Waals surface area contributed by atoms with E-state index < -0.39 is 8.07 Å². The third kappa shape index (κ3) is 4.52. The van der Waals surface area contributed by atoms with Crippen LogP contribution in [0.4, 0.5) is 0 Å². The summed E-state index contributed by atoms with van der Waals surface area (Å²) >= 11 is 0. The Morgan fingerprint density at radius 3 is 1.93 bits per heavy atom. The van der Waals surface area contributed by atoms with Crippen molar-refractivity contribution in [2.75, 3.05) is 0 Å². The largest absolute Gasteiger partial charge is 0.494 e. The zero-order valence-electron chi connectivity index (χ0n) is 19.8. The van der Waals surface area contributed by atoms with E-state index in [1.54, 1.807) is 0 Å². The van der Waals surface area contributed by atoms with Crippen molar-refractivity contribution in [3.05, 3.63) is 42.1 Å². The summed E-state index contributed by atoms with van der Waals surface area (Å²) in [6, 6.07) is 11.1. The fraction of sp³-hybridized carbons (Fsp3) is 0.542. The van der Waals surface area contributed by atoms with Crippen LogP contribution in [0.5, 0.6) is 0 Å². The Kier molecular flexibility index (Phi) is 5.43. The van der Waals surface area contributed by atoms with Gasteiger partial charge in [0.15, 0.2) is 0 Å². The highest BCUT2D eigenvalue weighted by molar-refractivity contribution is 6.88. The van der Waals surface area contributed by atoms with Crippen molar-refractivity contribution < 1.29 is 9.31 Å². The molecule has 0 saturated carbocycles. The van der Waals surface area contributed by atoms with Gasteiger partial charge in [0.2, 0.25) is 0 Å². The van der Waals surface area contributed by atoms with E-state index in [0.717, 1.165) is 16.7 Å². The van der Waals surface area contributed by atoms with Crippen molar-refractivity contribution >= 4 is 25.8 Å². The first-order valence-electron chi connectivity index (χ1n) is 10.6. The summed E-state index contributed by atoms with van der Waals surface area (Å²) in [5.74, 6) is 0. The van der Waals surface area contributed by atoms with Crippen molar-refractivity contribution in [1.29, 1.82) is 0 Å². The van der Waals surface area contributed by atoms with Crippen molar-refractivity contribution in [3.63, 3.8) is 0 Å². The first kappa shape index (κ1) is 22.3. The Morgan fingerprint density at radius 2 is 1.48 bits per heavy atom. The third-order valence-electron chi connectivity index (χ3n) is 6.27. The van der Waals surface area contributed by atoms with Crippen LogP contribution in [0.2, 0.25) is 19.6 Å². The molecule has 0 bridgehead atoms. The van der Waals surface area contributed by atoms with Crippen LogP contribution in [-0.4, -0.2) is 31.4 Å². The van der Waals surface area contributed by atoms with Crippen LogP contribution in [0.1, 0.15) is 54.0 Å². The summed E-state index contributed by atoms with van der Waals surface area (Å²) in [6.45, 7) is 22.1. The molecular weight excluding hydrogens is 373 g/mol. The van der Waals surface area contributed by atoms with Gasteiger partial charge < -0.3 is 9.31 Å². The molecule has 2 heterocycles. The Balaban J connectivity index is 2.06. The van der Waals surface area contributed by atoms with Gasteiger partial charge in [-0.05, 0) is 61.5 Å². The zero-order valence-corrected chi connectivity index (χ0v) is 20.8. The molecule has 0 unspecified atom stereocenters. The molecule has 0 aliphatic carbocycles. The SMILES string of the molecule is CC(C)(C)c1cc(B2OC(C)(C)C(C)(C)O2)cc(-c2ccc([Si](C)(C)C)cn2)c1. The molecule has 29 heavy (non-hydrogen) atoms. The molecule has 0 amide bonds. The van der Waals surface area contributed by atoms with Crippen molar-refractivity contribution in [3.8, 4) is 11.3 Å². The minimum absolute atomic E-state index is 0.0205. The summed E-state index contributed by atoms with van der Waals surface area (Å²) in [6.07, 6.45) is 2.06. The average Bonchev–Trinajstić information content (AvgIpc) is 2.81. The summed E-state index contributed by atoms with van der Waals surface area (Å²) in [7, 11) is -1.74. The van der Waals surface area contributed by atoms with E-state index in [-0.39, 0.29) is 23.7 Å². The fourth-order valence-corrected chi connectivity index (χ4v) is 4.39. The van der Waals surface area contributed by atoms with Gasteiger partial charge >= 0.3 is 7.12 Å². The number of pyridine rings is 1. The number of hydrogen-bond acceptors (Lipinski definition) is 3. The van der Waals surface area contributed by atoms with Crippen LogP contribution in [-0.2, 0) is 14.7 Å².